The Morgan fingerprint density at radius 2 is 1.78 bits per heavy atom. The lowest BCUT2D eigenvalue weighted by Crippen LogP contribution is -2.11. The second kappa shape index (κ2) is 6.30. The summed E-state index contributed by atoms with van der Waals surface area (Å²) < 4.78 is 6.56. The number of anilines is 2. The summed E-state index contributed by atoms with van der Waals surface area (Å²) in [6.07, 6.45) is 4.50. The first kappa shape index (κ1) is 17.9. The van der Waals surface area contributed by atoms with Crippen LogP contribution in [-0.2, 0) is 6.42 Å². The van der Waals surface area contributed by atoms with Crippen LogP contribution in [0.5, 0.6) is 0 Å². The molecule has 0 saturated heterocycles. The van der Waals surface area contributed by atoms with E-state index in [0.29, 0.717) is 0 Å². The minimum atomic E-state index is 0.0860. The molecule has 2 heteroatoms. The summed E-state index contributed by atoms with van der Waals surface area (Å²) in [5.41, 5.74) is 8.70. The van der Waals surface area contributed by atoms with Gasteiger partial charge < -0.3 is 9.32 Å². The highest BCUT2D eigenvalue weighted by atomic mass is 16.3. The molecule has 2 nitrogen and oxygen atoms in total. The first-order chi connectivity index (χ1) is 12.8. The lowest BCUT2D eigenvalue weighted by molar-refractivity contribution is 0.515. The molecule has 1 aliphatic carbocycles. The van der Waals surface area contributed by atoms with Gasteiger partial charge in [-0.3, -0.25) is 0 Å². The number of hydrogen-bond donors (Lipinski definition) is 0. The summed E-state index contributed by atoms with van der Waals surface area (Å²) in [6, 6.07) is 13.1. The molecule has 27 heavy (non-hydrogen) atoms. The Morgan fingerprint density at radius 1 is 1.00 bits per heavy atom. The summed E-state index contributed by atoms with van der Waals surface area (Å²) in [7, 11) is 2.13. The van der Waals surface area contributed by atoms with Crippen LogP contribution >= 0.6 is 0 Å². The molecule has 0 fully saturated rings. The molecular weight excluding hydrogens is 330 g/mol. The minimum Gasteiger partial charge on any atom is -0.454 e. The molecule has 140 valence electrons. The Morgan fingerprint density at radius 3 is 2.48 bits per heavy atom. The van der Waals surface area contributed by atoms with Crippen molar-refractivity contribution in [3.8, 4) is 0 Å². The Bertz CT molecular complexity index is 1050. The van der Waals surface area contributed by atoms with Crippen molar-refractivity contribution in [3.63, 3.8) is 0 Å². The van der Waals surface area contributed by atoms with Crippen LogP contribution in [0.15, 0.2) is 46.9 Å². The van der Waals surface area contributed by atoms with Gasteiger partial charge in [0.15, 0.2) is 5.58 Å². The summed E-state index contributed by atoms with van der Waals surface area (Å²) in [5, 5.41) is 1.26. The number of furan rings is 1. The summed E-state index contributed by atoms with van der Waals surface area (Å²) in [6.45, 7) is 11.1. The zero-order valence-electron chi connectivity index (χ0n) is 17.3. The predicted molar refractivity (Wildman–Crippen MR) is 116 cm³/mol. The number of benzene rings is 2. The molecule has 3 aromatic rings. The van der Waals surface area contributed by atoms with E-state index in [9.17, 15) is 0 Å². The monoisotopic (exact) mass is 359 g/mol. The Labute approximate surface area is 162 Å². The fourth-order valence-corrected chi connectivity index (χ4v) is 4.30. The molecule has 0 aliphatic heterocycles. The molecule has 2 aromatic carbocycles. The molecule has 0 saturated carbocycles. The number of aryl methyl sites for hydroxylation is 3. The molecule has 0 N–H and O–H groups in total. The highest BCUT2D eigenvalue weighted by Crippen LogP contribution is 2.45. The molecule has 1 aliphatic rings. The lowest BCUT2D eigenvalue weighted by atomic mass is 9.80. The number of rotatable bonds is 2. The maximum absolute atomic E-state index is 6.56. The second-order valence-corrected chi connectivity index (χ2v) is 8.82. The molecule has 0 bridgehead atoms. The third-order valence-corrected chi connectivity index (χ3v) is 5.67. The third kappa shape index (κ3) is 2.97. The van der Waals surface area contributed by atoms with Crippen molar-refractivity contribution in [2.75, 3.05) is 11.9 Å². The number of para-hydroxylation sites is 1. The molecule has 1 heterocycles. The SMILES string of the molecule is Cc1ccc(N(C)c2cccc3c4c(oc23)C(C(C)(C)C)=CCC4)c(C)c1. The van der Waals surface area contributed by atoms with E-state index in [-0.39, 0.29) is 5.41 Å². The third-order valence-electron chi connectivity index (χ3n) is 5.67. The maximum Gasteiger partial charge on any atom is 0.158 e. The minimum absolute atomic E-state index is 0.0860. The average Bonchev–Trinajstić information content (AvgIpc) is 2.99. The van der Waals surface area contributed by atoms with E-state index in [2.05, 4.69) is 89.0 Å². The smallest absolute Gasteiger partial charge is 0.158 e. The molecular formula is C25H29NO. The summed E-state index contributed by atoms with van der Waals surface area (Å²) in [4.78, 5) is 2.26. The van der Waals surface area contributed by atoms with E-state index in [1.807, 2.05) is 0 Å². The quantitative estimate of drug-likeness (QED) is 0.481. The fourth-order valence-electron chi connectivity index (χ4n) is 4.30. The number of nitrogens with zero attached hydrogens (tertiary/aromatic N) is 1. The second-order valence-electron chi connectivity index (χ2n) is 8.82. The highest BCUT2D eigenvalue weighted by molar-refractivity contribution is 5.97. The van der Waals surface area contributed by atoms with Gasteiger partial charge >= 0.3 is 0 Å². The van der Waals surface area contributed by atoms with Gasteiger partial charge in [-0.2, -0.15) is 0 Å². The lowest BCUT2D eigenvalue weighted by Gasteiger charge is -2.25. The van der Waals surface area contributed by atoms with Gasteiger partial charge in [-0.15, -0.1) is 0 Å². The molecule has 1 aromatic heterocycles. The fraction of sp³-hybridized carbons (Fsp3) is 0.360. The molecule has 0 spiro atoms. The van der Waals surface area contributed by atoms with Crippen molar-refractivity contribution in [3.05, 3.63) is 64.9 Å². The number of allylic oxidation sites excluding steroid dienone is 2. The van der Waals surface area contributed by atoms with Crippen LogP contribution in [0.4, 0.5) is 11.4 Å². The van der Waals surface area contributed by atoms with Gasteiger partial charge in [-0.25, -0.2) is 0 Å². The number of hydrogen-bond acceptors (Lipinski definition) is 2. The van der Waals surface area contributed by atoms with E-state index >= 15 is 0 Å². The van der Waals surface area contributed by atoms with Crippen LogP contribution in [0.25, 0.3) is 16.5 Å². The van der Waals surface area contributed by atoms with Gasteiger partial charge in [0.25, 0.3) is 0 Å². The topological polar surface area (TPSA) is 16.4 Å². The van der Waals surface area contributed by atoms with Crippen molar-refractivity contribution in [1.82, 2.24) is 0 Å². The highest BCUT2D eigenvalue weighted by Gasteiger charge is 2.29. The van der Waals surface area contributed by atoms with Gasteiger partial charge in [-0.05, 0) is 55.4 Å². The Kier molecular flexibility index (Phi) is 4.18. The van der Waals surface area contributed by atoms with Gasteiger partial charge in [0.2, 0.25) is 0 Å². The Hall–Kier alpha value is -2.48. The van der Waals surface area contributed by atoms with Crippen LogP contribution in [0, 0.1) is 19.3 Å². The molecule has 0 atom stereocenters. The normalized spacial score (nSPS) is 14.2. The summed E-state index contributed by atoms with van der Waals surface area (Å²) in [5.74, 6) is 1.09. The average molecular weight is 360 g/mol. The zero-order valence-corrected chi connectivity index (χ0v) is 17.3. The van der Waals surface area contributed by atoms with E-state index in [0.717, 1.165) is 29.9 Å². The predicted octanol–water partition coefficient (Wildman–Crippen LogP) is 7.19. The van der Waals surface area contributed by atoms with Crippen LogP contribution in [0.2, 0.25) is 0 Å². The van der Waals surface area contributed by atoms with E-state index in [1.165, 1.54) is 33.3 Å². The van der Waals surface area contributed by atoms with Gasteiger partial charge in [-0.1, -0.05) is 56.7 Å². The molecule has 0 unspecified atom stereocenters. The van der Waals surface area contributed by atoms with Crippen LogP contribution in [0.1, 0.15) is 49.6 Å². The Balaban J connectivity index is 1.89. The van der Waals surface area contributed by atoms with E-state index in [1.54, 1.807) is 0 Å². The van der Waals surface area contributed by atoms with Crippen LogP contribution in [0.3, 0.4) is 0 Å². The van der Waals surface area contributed by atoms with Gasteiger partial charge in [0.05, 0.1) is 5.69 Å². The maximum atomic E-state index is 6.56. The zero-order chi connectivity index (χ0) is 19.3. The van der Waals surface area contributed by atoms with Crippen molar-refractivity contribution in [2.45, 2.75) is 47.5 Å². The standard InChI is InChI=1S/C25H29NO/c1-16-13-14-21(17(2)15-16)26(6)22-12-8-10-19-18-9-7-11-20(25(3,4)5)23(18)27-24(19)22/h8,10-15H,7,9H2,1-6H3. The van der Waals surface area contributed by atoms with Crippen LogP contribution in [-0.4, -0.2) is 7.05 Å². The largest absolute Gasteiger partial charge is 0.454 e. The molecule has 0 amide bonds. The van der Waals surface area contributed by atoms with Crippen molar-refractivity contribution in [1.29, 1.82) is 0 Å². The van der Waals surface area contributed by atoms with Gasteiger partial charge in [0, 0.05) is 23.7 Å². The van der Waals surface area contributed by atoms with E-state index < -0.39 is 0 Å². The van der Waals surface area contributed by atoms with Gasteiger partial charge in [0.1, 0.15) is 5.76 Å². The van der Waals surface area contributed by atoms with E-state index in [4.69, 9.17) is 4.42 Å². The molecule has 4 rings (SSSR count). The molecule has 0 radical (unpaired) electrons. The first-order valence-electron chi connectivity index (χ1n) is 9.84. The summed E-state index contributed by atoms with van der Waals surface area (Å²) >= 11 is 0. The van der Waals surface area contributed by atoms with Crippen molar-refractivity contribution >= 4 is 27.9 Å². The van der Waals surface area contributed by atoms with Crippen molar-refractivity contribution < 1.29 is 4.42 Å². The first-order valence-corrected chi connectivity index (χ1v) is 9.84. The van der Waals surface area contributed by atoms with Crippen LogP contribution < -0.4 is 4.90 Å². The number of fused-ring (bicyclic) bond motifs is 3. The van der Waals surface area contributed by atoms with Crippen molar-refractivity contribution in [2.24, 2.45) is 5.41 Å².